The monoisotopic (exact) mass is 322 g/mol. The molecule has 0 spiro atoms. The summed E-state index contributed by atoms with van der Waals surface area (Å²) in [5.41, 5.74) is -2.08. The Morgan fingerprint density at radius 3 is 2.70 bits per heavy atom. The van der Waals surface area contributed by atoms with Crippen LogP contribution in [0.4, 0.5) is 10.6 Å². The molecule has 2 heterocycles. The quantitative estimate of drug-likeness (QED) is 0.865. The fourth-order valence-electron chi connectivity index (χ4n) is 2.45. The highest BCUT2D eigenvalue weighted by atomic mass is 16.6. The van der Waals surface area contributed by atoms with Gasteiger partial charge in [0.1, 0.15) is 17.2 Å². The number of carbonyl (C=O) groups is 2. The lowest BCUT2D eigenvalue weighted by Crippen LogP contribution is -2.57. The molecular formula is C15H22N4O4. The minimum absolute atomic E-state index is 0.123. The van der Waals surface area contributed by atoms with Crippen molar-refractivity contribution in [3.63, 3.8) is 0 Å². The summed E-state index contributed by atoms with van der Waals surface area (Å²) in [6, 6.07) is 1.72. The summed E-state index contributed by atoms with van der Waals surface area (Å²) in [5, 5.41) is 12.1. The van der Waals surface area contributed by atoms with E-state index < -0.39 is 23.2 Å². The number of carboxylic acid groups (broad SMARTS) is 1. The third kappa shape index (κ3) is 4.08. The molecule has 1 aliphatic heterocycles. The standard InChI is InChI=1S/C15H22N4O4/c1-10-16-7-5-11(17-10)19-8-6-15(9-19,12(20)21)18-13(22)23-14(2,3)4/h5,7H,6,8-9H2,1-4H3,(H,18,22)(H,20,21). The van der Waals surface area contributed by atoms with Crippen molar-refractivity contribution < 1.29 is 19.4 Å². The van der Waals surface area contributed by atoms with E-state index in [0.29, 0.717) is 18.2 Å². The number of aryl methyl sites for hydroxylation is 1. The highest BCUT2D eigenvalue weighted by Gasteiger charge is 2.47. The first kappa shape index (κ1) is 17.0. The number of ether oxygens (including phenoxy) is 1. The van der Waals surface area contributed by atoms with Gasteiger partial charge in [0.2, 0.25) is 0 Å². The molecule has 2 rings (SSSR count). The second-order valence-corrected chi connectivity index (χ2v) is 6.65. The van der Waals surface area contributed by atoms with Gasteiger partial charge < -0.3 is 20.1 Å². The van der Waals surface area contributed by atoms with Crippen molar-refractivity contribution in [3.05, 3.63) is 18.1 Å². The SMILES string of the molecule is Cc1nccc(N2CCC(NC(=O)OC(C)(C)C)(C(=O)O)C2)n1. The van der Waals surface area contributed by atoms with E-state index in [1.165, 1.54) is 0 Å². The molecule has 8 nitrogen and oxygen atoms in total. The molecule has 8 heteroatoms. The molecule has 0 radical (unpaired) electrons. The molecule has 1 amide bonds. The fourth-order valence-corrected chi connectivity index (χ4v) is 2.45. The molecule has 126 valence electrons. The van der Waals surface area contributed by atoms with E-state index in [0.717, 1.165) is 0 Å². The van der Waals surface area contributed by atoms with Gasteiger partial charge in [0.25, 0.3) is 0 Å². The summed E-state index contributed by atoms with van der Waals surface area (Å²) in [5.74, 6) is 0.165. The van der Waals surface area contributed by atoms with E-state index in [2.05, 4.69) is 15.3 Å². The first-order chi connectivity index (χ1) is 10.6. The van der Waals surface area contributed by atoms with E-state index in [4.69, 9.17) is 4.74 Å². The van der Waals surface area contributed by atoms with Crippen LogP contribution < -0.4 is 10.2 Å². The van der Waals surface area contributed by atoms with Crippen molar-refractivity contribution in [1.82, 2.24) is 15.3 Å². The number of hydrogen-bond donors (Lipinski definition) is 2. The number of nitrogens with one attached hydrogen (secondary N) is 1. The van der Waals surface area contributed by atoms with Crippen molar-refractivity contribution in [1.29, 1.82) is 0 Å². The first-order valence-electron chi connectivity index (χ1n) is 7.40. The number of rotatable bonds is 3. The number of carboxylic acids is 1. The van der Waals surface area contributed by atoms with Crippen LogP contribution in [0.2, 0.25) is 0 Å². The van der Waals surface area contributed by atoms with E-state index >= 15 is 0 Å². The van der Waals surface area contributed by atoms with Crippen molar-refractivity contribution in [2.24, 2.45) is 0 Å². The zero-order chi connectivity index (χ0) is 17.3. The Labute approximate surface area is 134 Å². The molecule has 0 bridgehead atoms. The molecule has 23 heavy (non-hydrogen) atoms. The molecule has 1 aromatic heterocycles. The van der Waals surface area contributed by atoms with Gasteiger partial charge in [-0.25, -0.2) is 19.6 Å². The molecule has 1 atom stereocenters. The van der Waals surface area contributed by atoms with Crippen molar-refractivity contribution in [3.8, 4) is 0 Å². The topological polar surface area (TPSA) is 105 Å². The van der Waals surface area contributed by atoms with Crippen molar-refractivity contribution in [2.45, 2.75) is 45.3 Å². The van der Waals surface area contributed by atoms with Crippen LogP contribution in [0.15, 0.2) is 12.3 Å². The Kier molecular flexibility index (Phi) is 4.44. The number of nitrogens with zero attached hydrogens (tertiary/aromatic N) is 3. The molecule has 2 N–H and O–H groups in total. The van der Waals surface area contributed by atoms with Gasteiger partial charge in [-0.05, 0) is 33.8 Å². The van der Waals surface area contributed by atoms with Gasteiger partial charge in [-0.1, -0.05) is 0 Å². The molecular weight excluding hydrogens is 300 g/mol. The summed E-state index contributed by atoms with van der Waals surface area (Å²) < 4.78 is 5.18. The van der Waals surface area contributed by atoms with Gasteiger partial charge in [-0.15, -0.1) is 0 Å². The Bertz CT molecular complexity index is 614. The Hall–Kier alpha value is -2.38. The van der Waals surface area contributed by atoms with Gasteiger partial charge in [-0.3, -0.25) is 0 Å². The molecule has 1 fully saturated rings. The zero-order valence-electron chi connectivity index (χ0n) is 13.8. The van der Waals surface area contributed by atoms with Crippen LogP contribution in [0.3, 0.4) is 0 Å². The maximum atomic E-state index is 12.0. The van der Waals surface area contributed by atoms with Gasteiger partial charge in [0.15, 0.2) is 5.54 Å². The number of aromatic nitrogens is 2. The number of alkyl carbamates (subject to hydrolysis) is 1. The molecule has 1 saturated heterocycles. The lowest BCUT2D eigenvalue weighted by atomic mass is 9.99. The molecule has 0 saturated carbocycles. The molecule has 1 aromatic rings. The highest BCUT2D eigenvalue weighted by molar-refractivity contribution is 5.86. The number of carbonyl (C=O) groups excluding carboxylic acids is 1. The zero-order valence-corrected chi connectivity index (χ0v) is 13.8. The third-order valence-electron chi connectivity index (χ3n) is 3.50. The predicted octanol–water partition coefficient (Wildman–Crippen LogP) is 1.34. The lowest BCUT2D eigenvalue weighted by molar-refractivity contribution is -0.143. The Morgan fingerprint density at radius 1 is 1.43 bits per heavy atom. The van der Waals surface area contributed by atoms with E-state index in [1.807, 2.05) is 4.90 Å². The second kappa shape index (κ2) is 6.02. The highest BCUT2D eigenvalue weighted by Crippen LogP contribution is 2.26. The van der Waals surface area contributed by atoms with Gasteiger partial charge in [0, 0.05) is 19.2 Å². The minimum atomic E-state index is -1.39. The largest absolute Gasteiger partial charge is 0.479 e. The van der Waals surface area contributed by atoms with Gasteiger partial charge in [-0.2, -0.15) is 0 Å². The fraction of sp³-hybridized carbons (Fsp3) is 0.600. The van der Waals surface area contributed by atoms with E-state index in [-0.39, 0.29) is 13.0 Å². The van der Waals surface area contributed by atoms with Gasteiger partial charge >= 0.3 is 12.1 Å². The van der Waals surface area contributed by atoms with Gasteiger partial charge in [0.05, 0.1) is 6.54 Å². The maximum absolute atomic E-state index is 12.0. The Balaban J connectivity index is 2.14. The van der Waals surface area contributed by atoms with Crippen LogP contribution in [0.1, 0.15) is 33.0 Å². The second-order valence-electron chi connectivity index (χ2n) is 6.65. The number of amides is 1. The summed E-state index contributed by atoms with van der Waals surface area (Å²) in [7, 11) is 0. The molecule has 0 aliphatic carbocycles. The third-order valence-corrected chi connectivity index (χ3v) is 3.50. The lowest BCUT2D eigenvalue weighted by Gasteiger charge is -2.28. The average Bonchev–Trinajstić information content (AvgIpc) is 2.82. The van der Waals surface area contributed by atoms with Crippen LogP contribution in [-0.4, -0.2) is 51.4 Å². The average molecular weight is 322 g/mol. The number of hydrogen-bond acceptors (Lipinski definition) is 6. The summed E-state index contributed by atoms with van der Waals surface area (Å²) >= 11 is 0. The normalized spacial score (nSPS) is 21.1. The molecule has 1 aliphatic rings. The summed E-state index contributed by atoms with van der Waals surface area (Å²) in [4.78, 5) is 33.9. The van der Waals surface area contributed by atoms with Crippen LogP contribution >= 0.6 is 0 Å². The van der Waals surface area contributed by atoms with E-state index in [9.17, 15) is 14.7 Å². The Morgan fingerprint density at radius 2 is 2.13 bits per heavy atom. The maximum Gasteiger partial charge on any atom is 0.408 e. The predicted molar refractivity (Wildman–Crippen MR) is 83.3 cm³/mol. The van der Waals surface area contributed by atoms with Crippen LogP contribution in [-0.2, 0) is 9.53 Å². The van der Waals surface area contributed by atoms with Crippen molar-refractivity contribution in [2.75, 3.05) is 18.0 Å². The number of anilines is 1. The molecule has 0 aromatic carbocycles. The van der Waals surface area contributed by atoms with Crippen molar-refractivity contribution >= 4 is 17.9 Å². The van der Waals surface area contributed by atoms with Crippen LogP contribution in [0.5, 0.6) is 0 Å². The smallest absolute Gasteiger partial charge is 0.408 e. The minimum Gasteiger partial charge on any atom is -0.479 e. The van der Waals surface area contributed by atoms with E-state index in [1.54, 1.807) is 40.0 Å². The first-order valence-corrected chi connectivity index (χ1v) is 7.40. The summed E-state index contributed by atoms with van der Waals surface area (Å²) in [6.45, 7) is 7.54. The van der Waals surface area contributed by atoms with Crippen LogP contribution in [0.25, 0.3) is 0 Å². The molecule has 1 unspecified atom stereocenters. The number of aliphatic carboxylic acids is 1. The summed E-state index contributed by atoms with van der Waals surface area (Å²) in [6.07, 6.45) is 1.16. The van der Waals surface area contributed by atoms with Crippen LogP contribution in [0, 0.1) is 6.92 Å².